The second kappa shape index (κ2) is 10.6. The SMILES string of the molecule is O=C(CCCc1ccncc1)N[C@H](c1ccccc1)C(O)(c1cccnc1)c1cccnc1. The van der Waals surface area contributed by atoms with Crippen LogP contribution in [0.5, 0.6) is 0 Å². The predicted octanol–water partition coefficient (Wildman–Crippen LogP) is 3.99. The van der Waals surface area contributed by atoms with Crippen molar-refractivity contribution >= 4 is 5.91 Å². The van der Waals surface area contributed by atoms with Crippen molar-refractivity contribution in [3.63, 3.8) is 0 Å². The van der Waals surface area contributed by atoms with Crippen molar-refractivity contribution in [3.05, 3.63) is 126 Å². The maximum Gasteiger partial charge on any atom is 0.220 e. The maximum atomic E-state index is 13.1. The van der Waals surface area contributed by atoms with E-state index in [0.29, 0.717) is 24.0 Å². The molecule has 1 atom stereocenters. The van der Waals surface area contributed by atoms with Crippen LogP contribution in [0.1, 0.15) is 41.1 Å². The molecule has 0 aliphatic rings. The lowest BCUT2D eigenvalue weighted by Gasteiger charge is -2.37. The lowest BCUT2D eigenvalue weighted by atomic mass is 9.78. The van der Waals surface area contributed by atoms with Gasteiger partial charge < -0.3 is 10.4 Å². The van der Waals surface area contributed by atoms with Crippen molar-refractivity contribution in [2.24, 2.45) is 0 Å². The molecule has 1 amide bonds. The van der Waals surface area contributed by atoms with Crippen LogP contribution in [0.3, 0.4) is 0 Å². The molecule has 0 radical (unpaired) electrons. The summed E-state index contributed by atoms with van der Waals surface area (Å²) in [5.41, 5.74) is 1.51. The number of hydrogen-bond donors (Lipinski definition) is 2. The Hall–Kier alpha value is -3.90. The number of aryl methyl sites for hydroxylation is 1. The Labute approximate surface area is 193 Å². The Bertz CT molecular complexity index is 1100. The molecule has 4 rings (SSSR count). The topological polar surface area (TPSA) is 88.0 Å². The fourth-order valence-electron chi connectivity index (χ4n) is 3.99. The molecular weight excluding hydrogens is 412 g/mol. The quantitative estimate of drug-likeness (QED) is 0.413. The molecule has 6 nitrogen and oxygen atoms in total. The first kappa shape index (κ1) is 22.3. The van der Waals surface area contributed by atoms with E-state index in [1.54, 1.807) is 49.3 Å². The smallest absolute Gasteiger partial charge is 0.220 e. The summed E-state index contributed by atoms with van der Waals surface area (Å²) in [6.07, 6.45) is 11.9. The number of aliphatic hydroxyl groups is 1. The number of benzene rings is 1. The number of aromatic nitrogens is 3. The molecule has 0 unspecified atom stereocenters. The summed E-state index contributed by atoms with van der Waals surface area (Å²) in [6.45, 7) is 0. The molecule has 2 N–H and O–H groups in total. The van der Waals surface area contributed by atoms with Crippen LogP contribution in [-0.4, -0.2) is 26.0 Å². The van der Waals surface area contributed by atoms with Crippen molar-refractivity contribution < 1.29 is 9.90 Å². The third-order valence-corrected chi connectivity index (χ3v) is 5.68. The summed E-state index contributed by atoms with van der Waals surface area (Å²) in [5, 5.41) is 15.3. The van der Waals surface area contributed by atoms with Crippen LogP contribution in [-0.2, 0) is 16.8 Å². The van der Waals surface area contributed by atoms with Gasteiger partial charge in [-0.25, -0.2) is 0 Å². The number of carbonyl (C=O) groups is 1. The summed E-state index contributed by atoms with van der Waals surface area (Å²) < 4.78 is 0. The second-order valence-corrected chi connectivity index (χ2v) is 7.87. The molecule has 166 valence electrons. The number of hydrogen-bond acceptors (Lipinski definition) is 5. The summed E-state index contributed by atoms with van der Waals surface area (Å²) >= 11 is 0. The van der Waals surface area contributed by atoms with E-state index in [9.17, 15) is 9.90 Å². The third kappa shape index (κ3) is 5.30. The molecule has 0 saturated heterocycles. The summed E-state index contributed by atoms with van der Waals surface area (Å²) in [7, 11) is 0. The Morgan fingerprint density at radius 2 is 1.45 bits per heavy atom. The van der Waals surface area contributed by atoms with Gasteiger partial charge in [-0.15, -0.1) is 0 Å². The highest BCUT2D eigenvalue weighted by Crippen LogP contribution is 2.40. The van der Waals surface area contributed by atoms with Crippen LogP contribution in [0.15, 0.2) is 104 Å². The van der Waals surface area contributed by atoms with Gasteiger partial charge >= 0.3 is 0 Å². The van der Waals surface area contributed by atoms with Gasteiger partial charge in [0.1, 0.15) is 5.60 Å². The maximum absolute atomic E-state index is 13.1. The molecule has 0 spiro atoms. The number of nitrogens with one attached hydrogen (secondary N) is 1. The standard InChI is InChI=1S/C27H26N4O2/c32-25(12-4-7-21-13-17-28-18-14-21)31-26(22-8-2-1-3-9-22)27(33,23-10-5-15-29-19-23)24-11-6-16-30-20-24/h1-3,5-6,8-11,13-20,26,33H,4,7,12H2,(H,31,32)/t26-/m1/s1. The fourth-order valence-corrected chi connectivity index (χ4v) is 3.99. The first-order valence-electron chi connectivity index (χ1n) is 10.9. The molecule has 33 heavy (non-hydrogen) atoms. The lowest BCUT2D eigenvalue weighted by Crippen LogP contribution is -2.45. The van der Waals surface area contributed by atoms with E-state index in [-0.39, 0.29) is 5.91 Å². The molecule has 1 aromatic carbocycles. The molecule has 0 aliphatic heterocycles. The van der Waals surface area contributed by atoms with Crippen LogP contribution in [0, 0.1) is 0 Å². The van der Waals surface area contributed by atoms with Crippen molar-refractivity contribution in [3.8, 4) is 0 Å². The molecule has 0 aliphatic carbocycles. The van der Waals surface area contributed by atoms with Gasteiger partial charge in [0.2, 0.25) is 5.91 Å². The zero-order valence-corrected chi connectivity index (χ0v) is 18.2. The average Bonchev–Trinajstić information content (AvgIpc) is 2.89. The van der Waals surface area contributed by atoms with E-state index in [1.807, 2.05) is 54.6 Å². The minimum atomic E-state index is -1.56. The van der Waals surface area contributed by atoms with Gasteiger partial charge in [0.15, 0.2) is 0 Å². The van der Waals surface area contributed by atoms with Crippen LogP contribution in [0.2, 0.25) is 0 Å². The molecule has 0 saturated carbocycles. The molecule has 0 bridgehead atoms. The van der Waals surface area contributed by atoms with Crippen LogP contribution in [0.25, 0.3) is 0 Å². The largest absolute Gasteiger partial charge is 0.378 e. The highest BCUT2D eigenvalue weighted by atomic mass is 16.3. The minimum absolute atomic E-state index is 0.135. The zero-order valence-electron chi connectivity index (χ0n) is 18.2. The molecule has 4 aromatic rings. The van der Waals surface area contributed by atoms with Gasteiger partial charge in [-0.1, -0.05) is 42.5 Å². The molecule has 0 fully saturated rings. The number of carbonyl (C=O) groups excluding carboxylic acids is 1. The number of pyridine rings is 3. The monoisotopic (exact) mass is 438 g/mol. The van der Waals surface area contributed by atoms with Gasteiger partial charge in [-0.3, -0.25) is 19.7 Å². The highest BCUT2D eigenvalue weighted by molar-refractivity contribution is 5.77. The first-order chi connectivity index (χ1) is 16.2. The fraction of sp³-hybridized carbons (Fsp3) is 0.185. The van der Waals surface area contributed by atoms with Crippen LogP contribution < -0.4 is 5.32 Å². The van der Waals surface area contributed by atoms with E-state index in [2.05, 4.69) is 20.3 Å². The van der Waals surface area contributed by atoms with E-state index < -0.39 is 11.6 Å². The number of amides is 1. The average molecular weight is 439 g/mol. The Morgan fingerprint density at radius 3 is 2.03 bits per heavy atom. The van der Waals surface area contributed by atoms with Crippen molar-refractivity contribution in [2.45, 2.75) is 30.9 Å². The van der Waals surface area contributed by atoms with Gasteiger partial charge in [-0.05, 0) is 48.2 Å². The third-order valence-electron chi connectivity index (χ3n) is 5.68. The van der Waals surface area contributed by atoms with Crippen molar-refractivity contribution in [1.82, 2.24) is 20.3 Å². The predicted molar refractivity (Wildman–Crippen MR) is 126 cm³/mol. The van der Waals surface area contributed by atoms with E-state index in [4.69, 9.17) is 0 Å². The Kier molecular flexibility index (Phi) is 7.17. The Morgan fingerprint density at radius 1 is 0.818 bits per heavy atom. The number of nitrogens with zero attached hydrogens (tertiary/aromatic N) is 3. The number of rotatable bonds is 9. The second-order valence-electron chi connectivity index (χ2n) is 7.87. The molecule has 3 aromatic heterocycles. The summed E-state index contributed by atoms with van der Waals surface area (Å²) in [4.78, 5) is 25.5. The summed E-state index contributed by atoms with van der Waals surface area (Å²) in [6, 6.07) is 19.8. The lowest BCUT2D eigenvalue weighted by molar-refractivity contribution is -0.124. The van der Waals surface area contributed by atoms with E-state index >= 15 is 0 Å². The van der Waals surface area contributed by atoms with Gasteiger partial charge in [0, 0.05) is 54.7 Å². The van der Waals surface area contributed by atoms with E-state index in [0.717, 1.165) is 17.5 Å². The molecule has 3 heterocycles. The Balaban J connectivity index is 1.64. The van der Waals surface area contributed by atoms with Gasteiger partial charge in [0.25, 0.3) is 0 Å². The van der Waals surface area contributed by atoms with Crippen molar-refractivity contribution in [1.29, 1.82) is 0 Å². The first-order valence-corrected chi connectivity index (χ1v) is 10.9. The minimum Gasteiger partial charge on any atom is -0.378 e. The molecule has 6 heteroatoms. The normalized spacial score (nSPS) is 12.2. The van der Waals surface area contributed by atoms with Crippen molar-refractivity contribution in [2.75, 3.05) is 0 Å². The molecular formula is C27H26N4O2. The van der Waals surface area contributed by atoms with E-state index in [1.165, 1.54) is 0 Å². The van der Waals surface area contributed by atoms with Crippen LogP contribution in [0.4, 0.5) is 0 Å². The van der Waals surface area contributed by atoms with Crippen LogP contribution >= 0.6 is 0 Å². The summed E-state index contributed by atoms with van der Waals surface area (Å²) in [5.74, 6) is -0.135. The van der Waals surface area contributed by atoms with Gasteiger partial charge in [-0.2, -0.15) is 0 Å². The van der Waals surface area contributed by atoms with Gasteiger partial charge in [0.05, 0.1) is 6.04 Å². The zero-order chi connectivity index (χ0) is 22.9. The highest BCUT2D eigenvalue weighted by Gasteiger charge is 2.42.